The number of hydrogen-bond donors (Lipinski definition) is 0. The van der Waals surface area contributed by atoms with Crippen LogP contribution >= 0.6 is 11.6 Å². The fraction of sp³-hybridized carbons (Fsp3) is 0.632. The Morgan fingerprint density at radius 1 is 1.25 bits per heavy atom. The van der Waals surface area contributed by atoms with Crippen LogP contribution in [0.2, 0.25) is 5.02 Å². The van der Waals surface area contributed by atoms with Crippen molar-refractivity contribution in [1.82, 2.24) is 9.21 Å². The molecule has 3 rings (SSSR count). The third-order valence-electron chi connectivity index (χ3n) is 5.34. The van der Waals surface area contributed by atoms with E-state index in [1.54, 1.807) is 18.7 Å². The summed E-state index contributed by atoms with van der Waals surface area (Å²) in [7, 11) is -2.20. The fourth-order valence-electron chi connectivity index (χ4n) is 3.52. The number of halogens is 1. The molecule has 28 heavy (non-hydrogen) atoms. The van der Waals surface area contributed by atoms with Gasteiger partial charge in [-0.25, -0.2) is 8.42 Å². The highest BCUT2D eigenvalue weighted by atomic mass is 35.5. The van der Waals surface area contributed by atoms with E-state index < -0.39 is 16.3 Å². The standard InChI is InChI=1S/C19H27ClN2O5S/c1-13(2)21(3)28(24,25)14-7-8-16(20)15(12-14)18(23)22-9-5-4-6-17(22)19-26-10-11-27-19/h7-8,12-13,17,19H,4-6,9-11H2,1-3H3. The Bertz CT molecular complexity index is 824. The van der Waals surface area contributed by atoms with Gasteiger partial charge in [-0.1, -0.05) is 11.6 Å². The second-order valence-electron chi connectivity index (χ2n) is 7.43. The van der Waals surface area contributed by atoms with Gasteiger partial charge in [0.05, 0.1) is 34.7 Å². The highest BCUT2D eigenvalue weighted by Crippen LogP contribution is 2.29. The van der Waals surface area contributed by atoms with Crippen molar-refractivity contribution in [2.24, 2.45) is 0 Å². The van der Waals surface area contributed by atoms with E-state index in [0.717, 1.165) is 19.3 Å². The molecule has 0 radical (unpaired) electrons. The topological polar surface area (TPSA) is 76.2 Å². The molecule has 1 atom stereocenters. The lowest BCUT2D eigenvalue weighted by atomic mass is 10.00. The predicted molar refractivity (Wildman–Crippen MR) is 106 cm³/mol. The molecule has 0 N–H and O–H groups in total. The number of amides is 1. The maximum Gasteiger partial charge on any atom is 0.255 e. The summed E-state index contributed by atoms with van der Waals surface area (Å²) in [6.45, 7) is 5.17. The first kappa shape index (κ1) is 21.5. The van der Waals surface area contributed by atoms with Gasteiger partial charge in [0.25, 0.3) is 5.91 Å². The Kier molecular flexibility index (Phi) is 6.66. The summed E-state index contributed by atoms with van der Waals surface area (Å²) in [4.78, 5) is 15.1. The number of ether oxygens (including phenoxy) is 2. The first-order valence-electron chi connectivity index (χ1n) is 9.55. The van der Waals surface area contributed by atoms with Crippen molar-refractivity contribution in [3.05, 3.63) is 28.8 Å². The molecule has 0 aliphatic carbocycles. The van der Waals surface area contributed by atoms with Crippen LogP contribution in [0.15, 0.2) is 23.1 Å². The fourth-order valence-corrected chi connectivity index (χ4v) is 5.11. The van der Waals surface area contributed by atoms with Crippen LogP contribution in [-0.4, -0.2) is 68.7 Å². The van der Waals surface area contributed by atoms with Gasteiger partial charge in [0.15, 0.2) is 6.29 Å². The van der Waals surface area contributed by atoms with Crippen LogP contribution in [0.25, 0.3) is 0 Å². The number of nitrogens with zero attached hydrogens (tertiary/aromatic N) is 2. The third-order valence-corrected chi connectivity index (χ3v) is 7.70. The van der Waals surface area contributed by atoms with Gasteiger partial charge in [-0.2, -0.15) is 4.31 Å². The zero-order valence-corrected chi connectivity index (χ0v) is 18.0. The van der Waals surface area contributed by atoms with Gasteiger partial charge in [-0.15, -0.1) is 0 Å². The van der Waals surface area contributed by atoms with Gasteiger partial charge in [-0.05, 0) is 51.3 Å². The molecule has 0 spiro atoms. The molecule has 0 aromatic heterocycles. The molecule has 2 fully saturated rings. The molecule has 7 nitrogen and oxygen atoms in total. The summed E-state index contributed by atoms with van der Waals surface area (Å²) in [5.74, 6) is -0.293. The maximum atomic E-state index is 13.3. The summed E-state index contributed by atoms with van der Waals surface area (Å²) in [6.07, 6.45) is 2.20. The average molecular weight is 431 g/mol. The second-order valence-corrected chi connectivity index (χ2v) is 9.83. The highest BCUT2D eigenvalue weighted by molar-refractivity contribution is 7.89. The zero-order valence-electron chi connectivity index (χ0n) is 16.4. The van der Waals surface area contributed by atoms with Crippen molar-refractivity contribution < 1.29 is 22.7 Å². The van der Waals surface area contributed by atoms with Crippen LogP contribution in [0.3, 0.4) is 0 Å². The lowest BCUT2D eigenvalue weighted by molar-refractivity contribution is -0.100. The van der Waals surface area contributed by atoms with Crippen LogP contribution in [-0.2, 0) is 19.5 Å². The number of carbonyl (C=O) groups excluding carboxylic acids is 1. The van der Waals surface area contributed by atoms with Crippen LogP contribution < -0.4 is 0 Å². The lowest BCUT2D eigenvalue weighted by Gasteiger charge is -2.38. The van der Waals surface area contributed by atoms with Gasteiger partial charge in [0.2, 0.25) is 10.0 Å². The number of sulfonamides is 1. The first-order valence-corrected chi connectivity index (χ1v) is 11.4. The van der Waals surface area contributed by atoms with Crippen LogP contribution in [0.4, 0.5) is 0 Å². The van der Waals surface area contributed by atoms with Crippen molar-refractivity contribution in [2.75, 3.05) is 26.8 Å². The van der Waals surface area contributed by atoms with E-state index >= 15 is 0 Å². The quantitative estimate of drug-likeness (QED) is 0.717. The van der Waals surface area contributed by atoms with Crippen molar-refractivity contribution >= 4 is 27.5 Å². The van der Waals surface area contributed by atoms with E-state index in [4.69, 9.17) is 21.1 Å². The van der Waals surface area contributed by atoms with Gasteiger partial charge in [0, 0.05) is 19.6 Å². The Morgan fingerprint density at radius 3 is 2.57 bits per heavy atom. The van der Waals surface area contributed by atoms with Crippen molar-refractivity contribution in [3.63, 3.8) is 0 Å². The molecule has 1 amide bonds. The molecular weight excluding hydrogens is 404 g/mol. The molecule has 2 saturated heterocycles. The van der Waals surface area contributed by atoms with Gasteiger partial charge < -0.3 is 14.4 Å². The summed E-state index contributed by atoms with van der Waals surface area (Å²) < 4.78 is 38.2. The number of carbonyl (C=O) groups is 1. The molecule has 2 heterocycles. The largest absolute Gasteiger partial charge is 0.348 e. The molecule has 1 aromatic rings. The van der Waals surface area contributed by atoms with Gasteiger partial charge in [0.1, 0.15) is 0 Å². The Labute approximate surface area is 171 Å². The van der Waals surface area contributed by atoms with Gasteiger partial charge >= 0.3 is 0 Å². The molecule has 156 valence electrons. The molecule has 1 unspecified atom stereocenters. The molecule has 2 aliphatic rings. The Hall–Kier alpha value is -1.19. The van der Waals surface area contributed by atoms with Crippen LogP contribution in [0.5, 0.6) is 0 Å². The number of benzene rings is 1. The number of likely N-dealkylation sites (tertiary alicyclic amines) is 1. The average Bonchev–Trinajstić information content (AvgIpc) is 3.21. The van der Waals surface area contributed by atoms with E-state index in [-0.39, 0.29) is 33.5 Å². The van der Waals surface area contributed by atoms with Crippen LogP contribution in [0.1, 0.15) is 43.5 Å². The molecule has 2 aliphatic heterocycles. The number of piperidine rings is 1. The minimum absolute atomic E-state index is 0.0541. The van der Waals surface area contributed by atoms with Crippen molar-refractivity contribution in [2.45, 2.75) is 56.4 Å². The minimum atomic E-state index is -3.72. The zero-order chi connectivity index (χ0) is 20.5. The molecular formula is C19H27ClN2O5S. The molecule has 0 bridgehead atoms. The smallest absolute Gasteiger partial charge is 0.255 e. The van der Waals surface area contributed by atoms with Crippen molar-refractivity contribution in [1.29, 1.82) is 0 Å². The van der Waals surface area contributed by atoms with Crippen molar-refractivity contribution in [3.8, 4) is 0 Å². The van der Waals surface area contributed by atoms with E-state index in [0.29, 0.717) is 19.8 Å². The summed E-state index contributed by atoms with van der Waals surface area (Å²) in [6, 6.07) is 3.88. The minimum Gasteiger partial charge on any atom is -0.348 e. The van der Waals surface area contributed by atoms with Gasteiger partial charge in [-0.3, -0.25) is 4.79 Å². The third kappa shape index (κ3) is 4.21. The number of rotatable bonds is 5. The summed E-state index contributed by atoms with van der Waals surface area (Å²) >= 11 is 6.29. The predicted octanol–water partition coefficient (Wildman–Crippen LogP) is 2.74. The lowest BCUT2D eigenvalue weighted by Crippen LogP contribution is -2.50. The summed E-state index contributed by atoms with van der Waals surface area (Å²) in [5, 5.41) is 0.230. The van der Waals surface area contributed by atoms with E-state index in [2.05, 4.69) is 0 Å². The monoisotopic (exact) mass is 430 g/mol. The van der Waals surface area contributed by atoms with Crippen LogP contribution in [0, 0.1) is 0 Å². The van der Waals surface area contributed by atoms with E-state index in [9.17, 15) is 13.2 Å². The highest BCUT2D eigenvalue weighted by Gasteiger charge is 2.37. The molecule has 9 heteroatoms. The Balaban J connectivity index is 1.92. The summed E-state index contributed by atoms with van der Waals surface area (Å²) in [5.41, 5.74) is 0.185. The SMILES string of the molecule is CC(C)N(C)S(=O)(=O)c1ccc(Cl)c(C(=O)N2CCCCC2C2OCCO2)c1. The molecule has 1 aromatic carbocycles. The number of hydrogen-bond acceptors (Lipinski definition) is 5. The maximum absolute atomic E-state index is 13.3. The molecule has 0 saturated carbocycles. The normalized spacial score (nSPS) is 21.6. The Morgan fingerprint density at radius 2 is 1.93 bits per heavy atom. The second kappa shape index (κ2) is 8.67. The first-order chi connectivity index (χ1) is 13.2. The van der Waals surface area contributed by atoms with E-state index in [1.807, 2.05) is 0 Å². The van der Waals surface area contributed by atoms with E-state index in [1.165, 1.54) is 29.6 Å².